The van der Waals surface area contributed by atoms with Crippen molar-refractivity contribution in [3.8, 4) is 0 Å². The minimum Gasteiger partial charge on any atom is -0.303 e. The molecule has 4 nitrogen and oxygen atoms in total. The van der Waals surface area contributed by atoms with Gasteiger partial charge in [0.05, 0.1) is 16.8 Å². The van der Waals surface area contributed by atoms with Gasteiger partial charge >= 0.3 is 0 Å². The number of halogens is 2. The van der Waals surface area contributed by atoms with Crippen LogP contribution in [0, 0.1) is 5.82 Å². The first-order valence-corrected chi connectivity index (χ1v) is 3.68. The van der Waals surface area contributed by atoms with E-state index in [1.54, 1.807) is 0 Å². The maximum Gasteiger partial charge on any atom is 0.298 e. The van der Waals surface area contributed by atoms with Crippen molar-refractivity contribution < 1.29 is 14.0 Å². The molecule has 0 radical (unpaired) electrons. The number of nitrogens with zero attached hydrogens (tertiary/aromatic N) is 1. The van der Waals surface area contributed by atoms with E-state index in [1.807, 2.05) is 0 Å². The average molecular weight is 201 g/mol. The van der Waals surface area contributed by atoms with Gasteiger partial charge in [-0.3, -0.25) is 9.59 Å². The topological polar surface area (TPSA) is 59.1 Å². The van der Waals surface area contributed by atoms with Crippen LogP contribution in [0.3, 0.4) is 0 Å². The molecule has 1 aromatic rings. The SMILES string of the molecule is O=C1Nc2ncc(F)c(Cl)c2C1=O. The fraction of sp³-hybridized carbons (Fsp3) is 0. The van der Waals surface area contributed by atoms with Crippen LogP contribution >= 0.6 is 11.6 Å². The molecule has 0 aliphatic carbocycles. The Balaban J connectivity index is 2.73. The number of hydrogen-bond acceptors (Lipinski definition) is 3. The van der Waals surface area contributed by atoms with E-state index in [-0.39, 0.29) is 16.4 Å². The van der Waals surface area contributed by atoms with E-state index in [2.05, 4.69) is 10.3 Å². The maximum atomic E-state index is 12.8. The lowest BCUT2D eigenvalue weighted by Gasteiger charge is -1.97. The molecule has 2 rings (SSSR count). The zero-order valence-electron chi connectivity index (χ0n) is 6.10. The van der Waals surface area contributed by atoms with Gasteiger partial charge in [0.1, 0.15) is 5.82 Å². The predicted octanol–water partition coefficient (Wildman–Crippen LogP) is 1.01. The van der Waals surface area contributed by atoms with Crippen LogP contribution in [-0.2, 0) is 4.79 Å². The number of Topliss-reactive ketones (excluding diaryl/α,β-unsaturated/α-hetero) is 1. The third-order valence-corrected chi connectivity index (χ3v) is 2.01. The van der Waals surface area contributed by atoms with Gasteiger partial charge in [0.25, 0.3) is 11.7 Å². The second kappa shape index (κ2) is 2.50. The van der Waals surface area contributed by atoms with Crippen LogP contribution < -0.4 is 5.32 Å². The van der Waals surface area contributed by atoms with Crippen LogP contribution in [0.2, 0.25) is 5.02 Å². The van der Waals surface area contributed by atoms with E-state index in [9.17, 15) is 14.0 Å². The van der Waals surface area contributed by atoms with Crippen LogP contribution in [0.5, 0.6) is 0 Å². The van der Waals surface area contributed by atoms with E-state index in [0.717, 1.165) is 6.20 Å². The number of anilines is 1. The zero-order chi connectivity index (χ0) is 9.59. The Morgan fingerprint density at radius 2 is 2.15 bits per heavy atom. The molecular formula is C7H2ClFN2O2. The van der Waals surface area contributed by atoms with Gasteiger partial charge < -0.3 is 5.32 Å². The van der Waals surface area contributed by atoms with Crippen LogP contribution in [-0.4, -0.2) is 16.7 Å². The highest BCUT2D eigenvalue weighted by Crippen LogP contribution is 2.29. The number of hydrogen-bond donors (Lipinski definition) is 1. The third-order valence-electron chi connectivity index (χ3n) is 1.64. The Kier molecular flexibility index (Phi) is 1.56. The van der Waals surface area contributed by atoms with Crippen molar-refractivity contribution in [1.29, 1.82) is 0 Å². The molecule has 66 valence electrons. The lowest BCUT2D eigenvalue weighted by molar-refractivity contribution is -0.112. The van der Waals surface area contributed by atoms with Gasteiger partial charge in [-0.2, -0.15) is 0 Å². The molecule has 0 spiro atoms. The fourth-order valence-corrected chi connectivity index (χ4v) is 1.27. The first-order valence-electron chi connectivity index (χ1n) is 3.31. The van der Waals surface area contributed by atoms with Crippen LogP contribution in [0.25, 0.3) is 0 Å². The van der Waals surface area contributed by atoms with Gasteiger partial charge in [-0.25, -0.2) is 9.37 Å². The van der Waals surface area contributed by atoms with Crippen molar-refractivity contribution in [3.63, 3.8) is 0 Å². The fourth-order valence-electron chi connectivity index (χ4n) is 1.05. The van der Waals surface area contributed by atoms with Crippen molar-refractivity contribution in [3.05, 3.63) is 22.6 Å². The number of nitrogens with one attached hydrogen (secondary N) is 1. The van der Waals surface area contributed by atoms with Gasteiger partial charge in [-0.15, -0.1) is 0 Å². The molecule has 13 heavy (non-hydrogen) atoms. The van der Waals surface area contributed by atoms with Gasteiger partial charge in [0.2, 0.25) is 0 Å². The Morgan fingerprint density at radius 1 is 1.46 bits per heavy atom. The summed E-state index contributed by atoms with van der Waals surface area (Å²) in [4.78, 5) is 25.4. The number of carbonyl (C=O) groups excluding carboxylic acids is 2. The number of pyridine rings is 1. The first-order chi connectivity index (χ1) is 6.11. The van der Waals surface area contributed by atoms with Crippen LogP contribution in [0.4, 0.5) is 10.2 Å². The molecular weight excluding hydrogens is 199 g/mol. The van der Waals surface area contributed by atoms with E-state index < -0.39 is 17.5 Å². The van der Waals surface area contributed by atoms with E-state index >= 15 is 0 Å². The molecule has 0 fully saturated rings. The number of aromatic nitrogens is 1. The summed E-state index contributed by atoms with van der Waals surface area (Å²) in [6, 6.07) is 0. The molecule has 0 unspecified atom stereocenters. The lowest BCUT2D eigenvalue weighted by atomic mass is 10.2. The molecule has 0 saturated carbocycles. The first kappa shape index (κ1) is 8.12. The van der Waals surface area contributed by atoms with Crippen molar-refractivity contribution in [2.24, 2.45) is 0 Å². The summed E-state index contributed by atoms with van der Waals surface area (Å²) in [5, 5.41) is 1.80. The van der Waals surface area contributed by atoms with Gasteiger partial charge in [0.15, 0.2) is 5.82 Å². The summed E-state index contributed by atoms with van der Waals surface area (Å²) >= 11 is 5.47. The third kappa shape index (κ3) is 1.01. The summed E-state index contributed by atoms with van der Waals surface area (Å²) in [6.45, 7) is 0. The minimum absolute atomic E-state index is 0.0152. The summed E-state index contributed by atoms with van der Waals surface area (Å²) in [6.07, 6.45) is 0.847. The van der Waals surface area contributed by atoms with Gasteiger partial charge in [-0.1, -0.05) is 11.6 Å². The zero-order valence-corrected chi connectivity index (χ0v) is 6.85. The molecule has 0 saturated heterocycles. The van der Waals surface area contributed by atoms with Crippen LogP contribution in [0.15, 0.2) is 6.20 Å². The van der Waals surface area contributed by atoms with Gasteiger partial charge in [-0.05, 0) is 0 Å². The highest BCUT2D eigenvalue weighted by atomic mass is 35.5. The molecule has 0 atom stereocenters. The molecule has 1 aliphatic rings. The van der Waals surface area contributed by atoms with Gasteiger partial charge in [0, 0.05) is 0 Å². The Morgan fingerprint density at radius 3 is 2.85 bits per heavy atom. The molecule has 1 aliphatic heterocycles. The molecule has 1 aromatic heterocycles. The lowest BCUT2D eigenvalue weighted by Crippen LogP contribution is -2.12. The Labute approximate surface area is 76.7 Å². The summed E-state index contributed by atoms with van der Waals surface area (Å²) in [5.74, 6) is -2.49. The highest BCUT2D eigenvalue weighted by Gasteiger charge is 2.32. The van der Waals surface area contributed by atoms with Crippen molar-refractivity contribution in [1.82, 2.24) is 4.98 Å². The number of carbonyl (C=O) groups is 2. The largest absolute Gasteiger partial charge is 0.303 e. The van der Waals surface area contributed by atoms with E-state index in [0.29, 0.717) is 0 Å². The quantitative estimate of drug-likeness (QED) is 0.636. The molecule has 0 bridgehead atoms. The number of amides is 1. The summed E-state index contributed by atoms with van der Waals surface area (Å²) in [7, 11) is 0. The minimum atomic E-state index is -0.855. The second-order valence-electron chi connectivity index (χ2n) is 2.43. The highest BCUT2D eigenvalue weighted by molar-refractivity contribution is 6.54. The summed E-state index contributed by atoms with van der Waals surface area (Å²) in [5.41, 5.74) is -0.188. The second-order valence-corrected chi connectivity index (χ2v) is 2.80. The number of rotatable bonds is 0. The molecule has 6 heteroatoms. The maximum absolute atomic E-state index is 12.8. The van der Waals surface area contributed by atoms with Crippen molar-refractivity contribution >= 4 is 29.1 Å². The van der Waals surface area contributed by atoms with Crippen LogP contribution in [0.1, 0.15) is 10.4 Å². The van der Waals surface area contributed by atoms with Crippen molar-refractivity contribution in [2.45, 2.75) is 0 Å². The standard InChI is InChI=1S/C7H2ClFN2O2/c8-4-2(9)1-10-6-3(4)5(12)7(13)11-6/h1H,(H,10,11,12,13). The van der Waals surface area contributed by atoms with E-state index in [1.165, 1.54) is 0 Å². The average Bonchev–Trinajstić information content (AvgIpc) is 2.37. The number of fused-ring (bicyclic) bond motifs is 1. The Bertz CT molecular complexity index is 433. The summed E-state index contributed by atoms with van der Waals surface area (Å²) < 4.78 is 12.8. The number of ketones is 1. The molecule has 1 N–H and O–H groups in total. The molecule has 2 heterocycles. The predicted molar refractivity (Wildman–Crippen MR) is 42.2 cm³/mol. The normalized spacial score (nSPS) is 14.3. The monoisotopic (exact) mass is 200 g/mol. The van der Waals surface area contributed by atoms with E-state index in [4.69, 9.17) is 11.6 Å². The molecule has 1 amide bonds. The Hall–Kier alpha value is -1.49. The van der Waals surface area contributed by atoms with Crippen molar-refractivity contribution in [2.75, 3.05) is 5.32 Å². The smallest absolute Gasteiger partial charge is 0.298 e. The molecule has 0 aromatic carbocycles.